The summed E-state index contributed by atoms with van der Waals surface area (Å²) in [6, 6.07) is -0.0413. The molecule has 5 heteroatoms. The second-order valence-corrected chi connectivity index (χ2v) is 5.31. The lowest BCUT2D eigenvalue weighted by molar-refractivity contribution is -0.684. The lowest BCUT2D eigenvalue weighted by atomic mass is 10.1. The topological polar surface area (TPSA) is 47.2 Å². The lowest BCUT2D eigenvalue weighted by Gasteiger charge is -2.25. The molecule has 0 bridgehead atoms. The Kier molecular flexibility index (Phi) is 3.66. The van der Waals surface area contributed by atoms with E-state index in [2.05, 4.69) is 30.7 Å². The van der Waals surface area contributed by atoms with Crippen LogP contribution >= 0.6 is 0 Å². The smallest absolute Gasteiger partial charge is 0.245 e. The van der Waals surface area contributed by atoms with Crippen molar-refractivity contribution in [2.75, 3.05) is 7.05 Å². The first-order valence-corrected chi connectivity index (χ1v) is 6.68. The van der Waals surface area contributed by atoms with Crippen LogP contribution in [0.25, 0.3) is 0 Å². The Bertz CT molecular complexity index is 528. The molecule has 0 saturated heterocycles. The van der Waals surface area contributed by atoms with Gasteiger partial charge < -0.3 is 0 Å². The van der Waals surface area contributed by atoms with Crippen LogP contribution in [0.15, 0.2) is 35.1 Å². The molecule has 2 rings (SSSR count). The molecule has 1 aromatic heterocycles. The number of hydrogen-bond acceptors (Lipinski definition) is 3. The van der Waals surface area contributed by atoms with E-state index in [1.165, 1.54) is 10.9 Å². The van der Waals surface area contributed by atoms with Crippen LogP contribution < -0.4 is 0 Å². The minimum absolute atomic E-state index is 0.0413. The fourth-order valence-corrected chi connectivity index (χ4v) is 2.42. The van der Waals surface area contributed by atoms with Crippen LogP contribution in [0.1, 0.15) is 33.6 Å². The molecule has 1 aliphatic rings. The Labute approximate surface area is 113 Å². The van der Waals surface area contributed by atoms with E-state index in [-0.39, 0.29) is 10.5 Å². The van der Waals surface area contributed by atoms with Crippen LogP contribution in [0.3, 0.4) is 0 Å². The van der Waals surface area contributed by atoms with Crippen molar-refractivity contribution < 1.29 is 9.28 Å². The van der Waals surface area contributed by atoms with Gasteiger partial charge in [0, 0.05) is 24.7 Å². The van der Waals surface area contributed by atoms with Gasteiger partial charge >= 0.3 is 6.03 Å². The number of quaternary nitrogens is 1. The van der Waals surface area contributed by atoms with Gasteiger partial charge in [0.25, 0.3) is 0 Å². The number of hydrogen-bond donors (Lipinski definition) is 0. The fourth-order valence-electron chi connectivity index (χ4n) is 2.42. The largest absolute Gasteiger partial charge is 0.439 e. The summed E-state index contributed by atoms with van der Waals surface area (Å²) in [4.78, 5) is 21.1. The first-order chi connectivity index (χ1) is 9.00. The maximum atomic E-state index is 12.7. The molecule has 0 fully saturated rings. The standard InChI is InChI=1S/C14H21N4O/c1-5-6-12-13(11(2)3)16-10-18(12,4)14(19)17-8-7-15-9-17/h7-11H,5-6H2,1-4H3/q+1. The average Bonchev–Trinajstić information content (AvgIpc) is 2.99. The summed E-state index contributed by atoms with van der Waals surface area (Å²) in [6.45, 7) is 6.34. The van der Waals surface area contributed by atoms with Gasteiger partial charge in [0.1, 0.15) is 17.7 Å². The van der Waals surface area contributed by atoms with Crippen molar-refractivity contribution in [3.8, 4) is 0 Å². The van der Waals surface area contributed by atoms with Crippen molar-refractivity contribution in [3.05, 3.63) is 30.1 Å². The number of aliphatic imine (C=N–C) groups is 1. The Hall–Kier alpha value is -1.75. The van der Waals surface area contributed by atoms with Crippen LogP contribution in [0.2, 0.25) is 0 Å². The number of aromatic nitrogens is 2. The molecule has 1 atom stereocenters. The van der Waals surface area contributed by atoms with Gasteiger partial charge in [-0.2, -0.15) is 4.48 Å². The first-order valence-electron chi connectivity index (χ1n) is 6.68. The molecule has 5 nitrogen and oxygen atoms in total. The van der Waals surface area contributed by atoms with Gasteiger partial charge in [0.05, 0.1) is 7.05 Å². The van der Waals surface area contributed by atoms with Crippen LogP contribution in [0.5, 0.6) is 0 Å². The second-order valence-electron chi connectivity index (χ2n) is 5.31. The molecule has 0 radical (unpaired) electrons. The highest BCUT2D eigenvalue weighted by Crippen LogP contribution is 2.32. The van der Waals surface area contributed by atoms with Crippen LogP contribution in [0, 0.1) is 5.92 Å². The summed E-state index contributed by atoms with van der Waals surface area (Å²) >= 11 is 0. The quantitative estimate of drug-likeness (QED) is 0.785. The molecule has 1 aliphatic heterocycles. The normalized spacial score (nSPS) is 22.6. The minimum atomic E-state index is -0.0413. The van der Waals surface area contributed by atoms with Crippen molar-refractivity contribution in [2.45, 2.75) is 33.6 Å². The van der Waals surface area contributed by atoms with Crippen LogP contribution in [-0.2, 0) is 0 Å². The third-order valence-corrected chi connectivity index (χ3v) is 3.44. The SMILES string of the molecule is CCCC1=C(C(C)C)N=C[N+]1(C)C(=O)n1ccnc1. The monoisotopic (exact) mass is 261 g/mol. The molecule has 1 unspecified atom stereocenters. The van der Waals surface area contributed by atoms with E-state index < -0.39 is 0 Å². The maximum absolute atomic E-state index is 12.7. The number of amides is 1. The molecule has 19 heavy (non-hydrogen) atoms. The number of imidazole rings is 1. The number of allylic oxidation sites excluding steroid dienone is 2. The zero-order valence-corrected chi connectivity index (χ0v) is 12.0. The Morgan fingerprint density at radius 3 is 2.74 bits per heavy atom. The van der Waals surface area contributed by atoms with Gasteiger partial charge in [-0.25, -0.2) is 19.3 Å². The zero-order chi connectivity index (χ0) is 14.0. The molecule has 0 spiro atoms. The first kappa shape index (κ1) is 13.7. The second kappa shape index (κ2) is 5.09. The highest BCUT2D eigenvalue weighted by molar-refractivity contribution is 5.80. The molecule has 0 aliphatic carbocycles. The highest BCUT2D eigenvalue weighted by atomic mass is 16.2. The third kappa shape index (κ3) is 2.26. The van der Waals surface area contributed by atoms with E-state index in [9.17, 15) is 4.79 Å². The Morgan fingerprint density at radius 1 is 1.47 bits per heavy atom. The van der Waals surface area contributed by atoms with E-state index in [4.69, 9.17) is 0 Å². The predicted octanol–water partition coefficient (Wildman–Crippen LogP) is 3.01. The van der Waals surface area contributed by atoms with Crippen molar-refractivity contribution in [1.82, 2.24) is 9.55 Å². The molecular formula is C14H21N4O+. The van der Waals surface area contributed by atoms with E-state index in [0.29, 0.717) is 5.92 Å². The highest BCUT2D eigenvalue weighted by Gasteiger charge is 2.42. The van der Waals surface area contributed by atoms with Crippen molar-refractivity contribution in [3.63, 3.8) is 0 Å². The molecular weight excluding hydrogens is 240 g/mol. The summed E-state index contributed by atoms with van der Waals surface area (Å²) in [6.07, 6.45) is 8.45. The number of carbonyl (C=O) groups is 1. The minimum Gasteiger partial charge on any atom is -0.245 e. The zero-order valence-electron chi connectivity index (χ0n) is 12.0. The molecule has 102 valence electrons. The maximum Gasteiger partial charge on any atom is 0.439 e. The fraction of sp³-hybridized carbons (Fsp3) is 0.500. The molecule has 2 heterocycles. The third-order valence-electron chi connectivity index (χ3n) is 3.44. The van der Waals surface area contributed by atoms with E-state index >= 15 is 0 Å². The Morgan fingerprint density at radius 2 is 2.21 bits per heavy atom. The summed E-state index contributed by atoms with van der Waals surface area (Å²) in [5.74, 6) is 0.327. The summed E-state index contributed by atoms with van der Waals surface area (Å²) in [5.41, 5.74) is 2.13. The summed E-state index contributed by atoms with van der Waals surface area (Å²) in [5, 5.41) is 0. The van der Waals surface area contributed by atoms with Gasteiger partial charge in [0.15, 0.2) is 0 Å². The van der Waals surface area contributed by atoms with E-state index in [0.717, 1.165) is 24.2 Å². The van der Waals surface area contributed by atoms with Crippen molar-refractivity contribution in [1.29, 1.82) is 0 Å². The van der Waals surface area contributed by atoms with Gasteiger partial charge in [0.2, 0.25) is 6.34 Å². The Balaban J connectivity index is 2.43. The van der Waals surface area contributed by atoms with Crippen LogP contribution in [0.4, 0.5) is 4.79 Å². The molecule has 0 N–H and O–H groups in total. The molecule has 0 aromatic carbocycles. The van der Waals surface area contributed by atoms with Crippen molar-refractivity contribution in [2.24, 2.45) is 10.9 Å². The van der Waals surface area contributed by atoms with E-state index in [1.807, 2.05) is 7.05 Å². The molecule has 0 saturated carbocycles. The summed E-state index contributed by atoms with van der Waals surface area (Å²) < 4.78 is 1.64. The average molecular weight is 261 g/mol. The lowest BCUT2D eigenvalue weighted by Crippen LogP contribution is -2.47. The van der Waals surface area contributed by atoms with Gasteiger partial charge in [-0.1, -0.05) is 20.8 Å². The number of nitrogens with zero attached hydrogens (tertiary/aromatic N) is 4. The number of carbonyl (C=O) groups excluding carboxylic acids is 1. The molecule has 1 amide bonds. The summed E-state index contributed by atoms with van der Waals surface area (Å²) in [7, 11) is 1.90. The molecule has 1 aromatic rings. The van der Waals surface area contributed by atoms with E-state index in [1.54, 1.807) is 18.7 Å². The van der Waals surface area contributed by atoms with Gasteiger partial charge in [-0.05, 0) is 6.42 Å². The van der Waals surface area contributed by atoms with Gasteiger partial charge in [-0.3, -0.25) is 0 Å². The number of rotatable bonds is 3. The van der Waals surface area contributed by atoms with Crippen molar-refractivity contribution >= 4 is 12.4 Å². The predicted molar refractivity (Wildman–Crippen MR) is 74.5 cm³/mol. The van der Waals surface area contributed by atoms with Gasteiger partial charge in [-0.15, -0.1) is 0 Å². The van der Waals surface area contributed by atoms with Crippen LogP contribution in [-0.4, -0.2) is 33.5 Å².